The number of hydrogen-bond acceptors (Lipinski definition) is 3. The largest absolute Gasteiger partial charge is 0.322 e. The van der Waals surface area contributed by atoms with Crippen LogP contribution in [-0.4, -0.2) is 39.7 Å². The molecule has 0 radical (unpaired) electrons. The van der Waals surface area contributed by atoms with Gasteiger partial charge < -0.3 is 15.5 Å². The highest BCUT2D eigenvalue weighted by atomic mass is 19.1. The predicted octanol–water partition coefficient (Wildman–Crippen LogP) is 5.79. The molecule has 184 valence electrons. The molecular weight excluding hydrogens is 457 g/mol. The number of likely N-dealkylation sites (N-methyl/N-ethyl adjacent to an activating group) is 1. The van der Waals surface area contributed by atoms with E-state index in [0.29, 0.717) is 5.82 Å². The number of anilines is 2. The van der Waals surface area contributed by atoms with Gasteiger partial charge >= 0.3 is 6.03 Å². The fraction of sp³-hybridized carbons (Fsp3) is 0.179. The molecule has 3 amide bonds. The number of nitrogens with one attached hydrogen (secondary N) is 2. The van der Waals surface area contributed by atoms with E-state index < -0.39 is 17.8 Å². The van der Waals surface area contributed by atoms with Crippen molar-refractivity contribution < 1.29 is 14.0 Å². The summed E-state index contributed by atoms with van der Waals surface area (Å²) >= 11 is 0. The minimum absolute atomic E-state index is 0.0565. The van der Waals surface area contributed by atoms with Gasteiger partial charge in [0.05, 0.1) is 17.1 Å². The Hall–Kier alpha value is -4.46. The summed E-state index contributed by atoms with van der Waals surface area (Å²) < 4.78 is 15.7. The molecule has 0 bridgehead atoms. The minimum atomic E-state index is -0.565. The van der Waals surface area contributed by atoms with Crippen molar-refractivity contribution in [2.45, 2.75) is 20.8 Å². The van der Waals surface area contributed by atoms with Crippen molar-refractivity contribution in [3.8, 4) is 16.8 Å². The van der Waals surface area contributed by atoms with Gasteiger partial charge in [-0.25, -0.2) is 13.9 Å². The first-order chi connectivity index (χ1) is 17.4. The second-order valence-electron chi connectivity index (χ2n) is 8.35. The Labute approximate surface area is 209 Å². The van der Waals surface area contributed by atoms with Crippen molar-refractivity contribution in [1.82, 2.24) is 14.7 Å². The van der Waals surface area contributed by atoms with Crippen LogP contribution < -0.4 is 10.6 Å². The van der Waals surface area contributed by atoms with Crippen LogP contribution >= 0.6 is 0 Å². The van der Waals surface area contributed by atoms with Gasteiger partial charge in [-0.05, 0) is 50.1 Å². The zero-order chi connectivity index (χ0) is 25.7. The fourth-order valence-electron chi connectivity index (χ4n) is 4.00. The second kappa shape index (κ2) is 10.9. The summed E-state index contributed by atoms with van der Waals surface area (Å²) in [5.74, 6) is -0.424. The lowest BCUT2D eigenvalue weighted by molar-refractivity contribution is -0.116. The Kier molecular flexibility index (Phi) is 7.44. The lowest BCUT2D eigenvalue weighted by Gasteiger charge is -2.21. The lowest BCUT2D eigenvalue weighted by Crippen LogP contribution is -2.40. The van der Waals surface area contributed by atoms with Crippen LogP contribution in [0.3, 0.4) is 0 Å². The number of halogens is 1. The van der Waals surface area contributed by atoms with Gasteiger partial charge in [-0.3, -0.25) is 4.79 Å². The summed E-state index contributed by atoms with van der Waals surface area (Å²) in [4.78, 5) is 27.3. The third-order valence-electron chi connectivity index (χ3n) is 5.84. The molecule has 0 aliphatic rings. The molecule has 8 heteroatoms. The molecule has 0 aliphatic carbocycles. The normalized spacial score (nSPS) is 10.7. The van der Waals surface area contributed by atoms with E-state index >= 15 is 0 Å². The summed E-state index contributed by atoms with van der Waals surface area (Å²) in [7, 11) is 0. The first kappa shape index (κ1) is 24.7. The molecule has 7 nitrogen and oxygen atoms in total. The van der Waals surface area contributed by atoms with E-state index in [1.807, 2.05) is 68.4 Å². The monoisotopic (exact) mass is 485 g/mol. The van der Waals surface area contributed by atoms with Gasteiger partial charge in [0.1, 0.15) is 18.2 Å². The quantitative estimate of drug-likeness (QED) is 0.348. The van der Waals surface area contributed by atoms with Crippen LogP contribution in [-0.2, 0) is 4.79 Å². The third-order valence-corrected chi connectivity index (χ3v) is 5.84. The maximum Gasteiger partial charge on any atom is 0.322 e. The summed E-state index contributed by atoms with van der Waals surface area (Å²) in [5.41, 5.74) is 4.35. The molecule has 0 spiro atoms. The topological polar surface area (TPSA) is 79.3 Å². The summed E-state index contributed by atoms with van der Waals surface area (Å²) in [6.45, 7) is 5.67. The molecule has 1 heterocycles. The average molecular weight is 486 g/mol. The lowest BCUT2D eigenvalue weighted by atomic mass is 10.1. The van der Waals surface area contributed by atoms with E-state index in [2.05, 4.69) is 10.6 Å². The van der Waals surface area contributed by atoms with Crippen LogP contribution in [0, 0.1) is 19.7 Å². The van der Waals surface area contributed by atoms with Crippen LogP contribution in [0.1, 0.15) is 18.2 Å². The molecule has 0 aliphatic heterocycles. The van der Waals surface area contributed by atoms with Gasteiger partial charge in [0.2, 0.25) is 5.91 Å². The van der Waals surface area contributed by atoms with Crippen molar-refractivity contribution in [1.29, 1.82) is 0 Å². The standard InChI is InChI=1S/C28H28FN5O2/c1-4-33(28(36)30-23-16-10-9-15-22(23)29)18-25(35)31-27-26(21-13-6-5-7-14-21)20(3)32-34(27)24-17-11-8-12-19(24)2/h5-17H,4,18H2,1-3H3,(H,30,36)(H,31,35). The molecule has 0 fully saturated rings. The number of carbonyl (C=O) groups is 2. The zero-order valence-electron chi connectivity index (χ0n) is 20.5. The fourth-order valence-corrected chi connectivity index (χ4v) is 4.00. The van der Waals surface area contributed by atoms with E-state index in [9.17, 15) is 14.0 Å². The number of para-hydroxylation sites is 2. The second-order valence-corrected chi connectivity index (χ2v) is 8.35. The SMILES string of the molecule is CCN(CC(=O)Nc1c(-c2ccccc2)c(C)nn1-c1ccccc1C)C(=O)Nc1ccccc1F. The smallest absolute Gasteiger partial charge is 0.315 e. The zero-order valence-corrected chi connectivity index (χ0v) is 20.5. The van der Waals surface area contributed by atoms with Crippen LogP contribution in [0.15, 0.2) is 78.9 Å². The Bertz CT molecular complexity index is 1380. The maximum atomic E-state index is 14.0. The Morgan fingerprint density at radius 3 is 2.28 bits per heavy atom. The van der Waals surface area contributed by atoms with Crippen molar-refractivity contribution in [3.05, 3.63) is 95.9 Å². The van der Waals surface area contributed by atoms with Crippen LogP contribution in [0.4, 0.5) is 20.7 Å². The number of benzene rings is 3. The molecule has 0 unspecified atom stereocenters. The van der Waals surface area contributed by atoms with Crippen molar-refractivity contribution >= 4 is 23.4 Å². The van der Waals surface area contributed by atoms with Crippen LogP contribution in [0.25, 0.3) is 16.8 Å². The Morgan fingerprint density at radius 1 is 0.917 bits per heavy atom. The van der Waals surface area contributed by atoms with Gasteiger partial charge in [0.25, 0.3) is 0 Å². The Morgan fingerprint density at radius 2 is 1.58 bits per heavy atom. The number of urea groups is 1. The molecule has 0 saturated heterocycles. The molecule has 1 aromatic heterocycles. The average Bonchev–Trinajstić information content (AvgIpc) is 3.19. The highest BCUT2D eigenvalue weighted by molar-refractivity contribution is 5.99. The number of aromatic nitrogens is 2. The van der Waals surface area contributed by atoms with E-state index in [0.717, 1.165) is 28.1 Å². The molecule has 2 N–H and O–H groups in total. The third kappa shape index (κ3) is 5.27. The summed E-state index contributed by atoms with van der Waals surface area (Å²) in [6.07, 6.45) is 0. The molecule has 4 aromatic rings. The number of rotatable bonds is 7. The van der Waals surface area contributed by atoms with E-state index in [1.165, 1.54) is 17.0 Å². The summed E-state index contributed by atoms with van der Waals surface area (Å²) in [5, 5.41) is 10.3. The number of hydrogen-bond donors (Lipinski definition) is 2. The van der Waals surface area contributed by atoms with Crippen LogP contribution in [0.5, 0.6) is 0 Å². The molecule has 3 aromatic carbocycles. The summed E-state index contributed by atoms with van der Waals surface area (Å²) in [6, 6.07) is 22.8. The van der Waals surface area contributed by atoms with Gasteiger partial charge in [0, 0.05) is 12.1 Å². The predicted molar refractivity (Wildman–Crippen MR) is 140 cm³/mol. The van der Waals surface area contributed by atoms with Gasteiger partial charge in [-0.2, -0.15) is 5.10 Å². The van der Waals surface area contributed by atoms with Crippen molar-refractivity contribution in [2.75, 3.05) is 23.7 Å². The van der Waals surface area contributed by atoms with Gasteiger partial charge in [0.15, 0.2) is 0 Å². The molecule has 4 rings (SSSR count). The van der Waals surface area contributed by atoms with E-state index in [1.54, 1.807) is 23.7 Å². The Balaban J connectivity index is 1.63. The molecule has 0 atom stereocenters. The molecular formula is C28H28FN5O2. The first-order valence-corrected chi connectivity index (χ1v) is 11.7. The minimum Gasteiger partial charge on any atom is -0.315 e. The van der Waals surface area contributed by atoms with E-state index in [4.69, 9.17) is 5.10 Å². The van der Waals surface area contributed by atoms with E-state index in [-0.39, 0.29) is 18.8 Å². The maximum absolute atomic E-state index is 14.0. The number of carbonyl (C=O) groups excluding carboxylic acids is 2. The van der Waals surface area contributed by atoms with Crippen LogP contribution in [0.2, 0.25) is 0 Å². The number of amides is 3. The first-order valence-electron chi connectivity index (χ1n) is 11.7. The van der Waals surface area contributed by atoms with Gasteiger partial charge in [-0.1, -0.05) is 60.7 Å². The van der Waals surface area contributed by atoms with Gasteiger partial charge in [-0.15, -0.1) is 0 Å². The molecule has 36 heavy (non-hydrogen) atoms. The number of nitrogens with zero attached hydrogens (tertiary/aromatic N) is 3. The highest BCUT2D eigenvalue weighted by Gasteiger charge is 2.23. The number of aryl methyl sites for hydroxylation is 2. The van der Waals surface area contributed by atoms with Crippen molar-refractivity contribution in [2.24, 2.45) is 0 Å². The molecule has 0 saturated carbocycles. The van der Waals surface area contributed by atoms with Crippen molar-refractivity contribution in [3.63, 3.8) is 0 Å². The highest BCUT2D eigenvalue weighted by Crippen LogP contribution is 2.34.